The van der Waals surface area contributed by atoms with Crippen molar-refractivity contribution in [3.8, 4) is 5.75 Å². The summed E-state index contributed by atoms with van der Waals surface area (Å²) >= 11 is 1.36. The Labute approximate surface area is 121 Å². The standard InChI is InChI=1S/C14H16N2O3S/c1-4-19-13(17)12-8-20-14(16-12)15-11-6-5-10(18-3)7-9(11)2/h5-8H,4H2,1-3H3,(H,15,16). The molecule has 106 valence electrons. The van der Waals surface area contributed by atoms with E-state index in [-0.39, 0.29) is 0 Å². The molecule has 0 radical (unpaired) electrons. The van der Waals surface area contributed by atoms with Crippen LogP contribution in [0, 0.1) is 6.92 Å². The number of hydrogen-bond donors (Lipinski definition) is 1. The van der Waals surface area contributed by atoms with Crippen LogP contribution in [-0.2, 0) is 4.74 Å². The molecule has 1 aromatic carbocycles. The minimum atomic E-state index is -0.400. The van der Waals surface area contributed by atoms with E-state index in [1.165, 1.54) is 11.3 Å². The summed E-state index contributed by atoms with van der Waals surface area (Å²) in [6.07, 6.45) is 0. The average molecular weight is 292 g/mol. The van der Waals surface area contributed by atoms with Crippen LogP contribution in [0.5, 0.6) is 5.75 Å². The van der Waals surface area contributed by atoms with Gasteiger partial charge in [-0.3, -0.25) is 0 Å². The Morgan fingerprint density at radius 3 is 2.90 bits per heavy atom. The minimum Gasteiger partial charge on any atom is -0.497 e. The number of aryl methyl sites for hydroxylation is 1. The van der Waals surface area contributed by atoms with E-state index in [4.69, 9.17) is 9.47 Å². The van der Waals surface area contributed by atoms with Gasteiger partial charge in [0, 0.05) is 11.1 Å². The Morgan fingerprint density at radius 1 is 1.45 bits per heavy atom. The Balaban J connectivity index is 2.12. The molecule has 6 heteroatoms. The van der Waals surface area contributed by atoms with Crippen LogP contribution in [0.15, 0.2) is 23.6 Å². The lowest BCUT2D eigenvalue weighted by Gasteiger charge is -2.08. The largest absolute Gasteiger partial charge is 0.497 e. The van der Waals surface area contributed by atoms with Gasteiger partial charge >= 0.3 is 5.97 Å². The zero-order chi connectivity index (χ0) is 14.5. The number of nitrogens with one attached hydrogen (secondary N) is 1. The molecule has 0 aliphatic rings. The molecule has 2 rings (SSSR count). The lowest BCUT2D eigenvalue weighted by atomic mass is 10.2. The molecule has 0 spiro atoms. The molecule has 0 aliphatic heterocycles. The summed E-state index contributed by atoms with van der Waals surface area (Å²) in [7, 11) is 1.63. The van der Waals surface area contributed by atoms with Gasteiger partial charge in [0.1, 0.15) is 5.75 Å². The van der Waals surface area contributed by atoms with Crippen LogP contribution in [0.25, 0.3) is 0 Å². The number of esters is 1. The molecule has 5 nitrogen and oxygen atoms in total. The predicted octanol–water partition coefficient (Wildman–Crippen LogP) is 3.38. The lowest BCUT2D eigenvalue weighted by Crippen LogP contribution is -2.05. The fourth-order valence-corrected chi connectivity index (χ4v) is 2.34. The fraction of sp³-hybridized carbons (Fsp3) is 0.286. The SMILES string of the molecule is CCOC(=O)c1csc(Nc2ccc(OC)cc2C)n1. The molecule has 0 atom stereocenters. The van der Waals surface area contributed by atoms with Crippen LogP contribution in [0.3, 0.4) is 0 Å². The Morgan fingerprint density at radius 2 is 2.25 bits per heavy atom. The topological polar surface area (TPSA) is 60.5 Å². The van der Waals surface area contributed by atoms with Gasteiger partial charge in [0.2, 0.25) is 0 Å². The summed E-state index contributed by atoms with van der Waals surface area (Å²) in [4.78, 5) is 15.7. The summed E-state index contributed by atoms with van der Waals surface area (Å²) in [5.41, 5.74) is 2.29. The highest BCUT2D eigenvalue weighted by molar-refractivity contribution is 7.14. The zero-order valence-corrected chi connectivity index (χ0v) is 12.4. The Kier molecular flexibility index (Phi) is 4.57. The number of aromatic nitrogens is 1. The summed E-state index contributed by atoms with van der Waals surface area (Å²) in [5, 5.41) is 5.52. The molecule has 1 heterocycles. The monoisotopic (exact) mass is 292 g/mol. The predicted molar refractivity (Wildman–Crippen MR) is 79.1 cm³/mol. The molecular formula is C14H16N2O3S. The van der Waals surface area contributed by atoms with Crippen LogP contribution in [0.2, 0.25) is 0 Å². The number of hydrogen-bond acceptors (Lipinski definition) is 6. The average Bonchev–Trinajstić information content (AvgIpc) is 2.90. The first-order valence-corrected chi connectivity index (χ1v) is 7.06. The zero-order valence-electron chi connectivity index (χ0n) is 11.6. The highest BCUT2D eigenvalue weighted by Crippen LogP contribution is 2.26. The van der Waals surface area contributed by atoms with Gasteiger partial charge in [-0.2, -0.15) is 0 Å². The highest BCUT2D eigenvalue weighted by atomic mass is 32.1. The number of carbonyl (C=O) groups is 1. The maximum atomic E-state index is 11.5. The van der Waals surface area contributed by atoms with Crippen molar-refractivity contribution in [1.82, 2.24) is 4.98 Å². The number of methoxy groups -OCH3 is 1. The number of nitrogens with zero attached hydrogens (tertiary/aromatic N) is 1. The van der Waals surface area contributed by atoms with E-state index in [0.29, 0.717) is 17.4 Å². The number of ether oxygens (including phenoxy) is 2. The molecule has 0 bridgehead atoms. The Hall–Kier alpha value is -2.08. The molecule has 0 saturated heterocycles. The van der Waals surface area contributed by atoms with Gasteiger partial charge in [-0.15, -0.1) is 11.3 Å². The number of carbonyl (C=O) groups excluding carboxylic acids is 1. The molecule has 0 saturated carbocycles. The van der Waals surface area contributed by atoms with Crippen molar-refractivity contribution in [3.05, 3.63) is 34.8 Å². The van der Waals surface area contributed by atoms with E-state index in [0.717, 1.165) is 17.0 Å². The van der Waals surface area contributed by atoms with Crippen molar-refractivity contribution in [1.29, 1.82) is 0 Å². The summed E-state index contributed by atoms with van der Waals surface area (Å²) in [5.74, 6) is 0.405. The van der Waals surface area contributed by atoms with Gasteiger partial charge in [0.05, 0.1) is 13.7 Å². The first-order chi connectivity index (χ1) is 9.63. The molecule has 1 aromatic heterocycles. The van der Waals surface area contributed by atoms with Gasteiger partial charge in [0.25, 0.3) is 0 Å². The van der Waals surface area contributed by atoms with Gasteiger partial charge in [-0.1, -0.05) is 0 Å². The van der Waals surface area contributed by atoms with Crippen LogP contribution in [0.4, 0.5) is 10.8 Å². The lowest BCUT2D eigenvalue weighted by molar-refractivity contribution is 0.0520. The molecule has 0 amide bonds. The summed E-state index contributed by atoms with van der Waals surface area (Å²) < 4.78 is 10.1. The van der Waals surface area contributed by atoms with E-state index >= 15 is 0 Å². The van der Waals surface area contributed by atoms with Crippen molar-refractivity contribution >= 4 is 28.1 Å². The van der Waals surface area contributed by atoms with E-state index in [1.807, 2.05) is 25.1 Å². The molecule has 0 aliphatic carbocycles. The van der Waals surface area contributed by atoms with E-state index in [9.17, 15) is 4.79 Å². The smallest absolute Gasteiger partial charge is 0.357 e. The normalized spacial score (nSPS) is 10.2. The Bertz CT molecular complexity index is 610. The number of benzene rings is 1. The molecule has 0 unspecified atom stereocenters. The molecule has 1 N–H and O–H groups in total. The molecule has 2 aromatic rings. The van der Waals surface area contributed by atoms with Gasteiger partial charge in [-0.05, 0) is 37.6 Å². The fourth-order valence-electron chi connectivity index (χ4n) is 1.65. The third-order valence-corrected chi connectivity index (χ3v) is 3.42. The van der Waals surface area contributed by atoms with Crippen LogP contribution >= 0.6 is 11.3 Å². The molecule has 0 fully saturated rings. The molecule has 20 heavy (non-hydrogen) atoms. The highest BCUT2D eigenvalue weighted by Gasteiger charge is 2.12. The van der Waals surface area contributed by atoms with Crippen LogP contribution in [-0.4, -0.2) is 24.7 Å². The molecular weight excluding hydrogens is 276 g/mol. The van der Waals surface area contributed by atoms with Gasteiger partial charge < -0.3 is 14.8 Å². The second kappa shape index (κ2) is 6.38. The van der Waals surface area contributed by atoms with Crippen molar-refractivity contribution in [2.24, 2.45) is 0 Å². The number of anilines is 2. The van der Waals surface area contributed by atoms with E-state index in [2.05, 4.69) is 10.3 Å². The quantitative estimate of drug-likeness (QED) is 0.856. The summed E-state index contributed by atoms with van der Waals surface area (Å²) in [6.45, 7) is 4.09. The van der Waals surface area contributed by atoms with Gasteiger partial charge in [-0.25, -0.2) is 9.78 Å². The third-order valence-electron chi connectivity index (χ3n) is 2.66. The number of thiazole rings is 1. The van der Waals surface area contributed by atoms with Crippen molar-refractivity contribution < 1.29 is 14.3 Å². The van der Waals surface area contributed by atoms with E-state index < -0.39 is 5.97 Å². The summed E-state index contributed by atoms with van der Waals surface area (Å²) in [6, 6.07) is 5.72. The number of rotatable bonds is 5. The second-order valence-electron chi connectivity index (χ2n) is 4.06. The first kappa shape index (κ1) is 14.3. The second-order valence-corrected chi connectivity index (χ2v) is 4.92. The van der Waals surface area contributed by atoms with Crippen LogP contribution in [0.1, 0.15) is 23.0 Å². The van der Waals surface area contributed by atoms with Crippen molar-refractivity contribution in [3.63, 3.8) is 0 Å². The minimum absolute atomic E-state index is 0.325. The van der Waals surface area contributed by atoms with Gasteiger partial charge in [0.15, 0.2) is 10.8 Å². The maximum absolute atomic E-state index is 11.5. The first-order valence-electron chi connectivity index (χ1n) is 6.18. The van der Waals surface area contributed by atoms with Crippen molar-refractivity contribution in [2.45, 2.75) is 13.8 Å². The maximum Gasteiger partial charge on any atom is 0.357 e. The van der Waals surface area contributed by atoms with E-state index in [1.54, 1.807) is 19.4 Å². The van der Waals surface area contributed by atoms with Crippen LogP contribution < -0.4 is 10.1 Å². The van der Waals surface area contributed by atoms with Crippen molar-refractivity contribution in [2.75, 3.05) is 19.0 Å². The third kappa shape index (κ3) is 3.27.